The minimum Gasteiger partial charge on any atom is -0.409 e. The highest BCUT2D eigenvalue weighted by Gasteiger charge is 2.32. The molecule has 1 aliphatic rings. The number of hydrogen-bond donors (Lipinski definition) is 3. The third-order valence-corrected chi connectivity index (χ3v) is 3.10. The van der Waals surface area contributed by atoms with Crippen molar-refractivity contribution in [3.63, 3.8) is 0 Å². The monoisotopic (exact) mass is 293 g/mol. The van der Waals surface area contributed by atoms with Crippen LogP contribution in [-0.2, 0) is 9.53 Å². The van der Waals surface area contributed by atoms with Gasteiger partial charge in [0.2, 0.25) is 5.91 Å². The standard InChI is InChI=1S/C12H15N5O4/c13-10(16-20)7-1-2-8(15-5-7)12(19)17-3-4-21-6-9(17)11(14)18/h1-2,5,9,20H,3-4,6H2,(H2,13,16)(H2,14,18). The second-order valence-electron chi connectivity index (χ2n) is 4.41. The SMILES string of the molecule is NC(=O)C1COCCN1C(=O)c1ccc(/C(N)=N/O)cn1. The minimum absolute atomic E-state index is 0.0727. The molecular weight excluding hydrogens is 278 g/mol. The second-order valence-corrected chi connectivity index (χ2v) is 4.41. The predicted octanol–water partition coefficient (Wildman–Crippen LogP) is -1.50. The van der Waals surface area contributed by atoms with Crippen LogP contribution >= 0.6 is 0 Å². The molecule has 2 rings (SSSR count). The summed E-state index contributed by atoms with van der Waals surface area (Å²) >= 11 is 0. The van der Waals surface area contributed by atoms with E-state index in [1.54, 1.807) is 0 Å². The lowest BCUT2D eigenvalue weighted by molar-refractivity contribution is -0.127. The number of rotatable bonds is 3. The lowest BCUT2D eigenvalue weighted by atomic mass is 10.1. The van der Waals surface area contributed by atoms with Crippen molar-refractivity contribution in [3.05, 3.63) is 29.6 Å². The number of hydrogen-bond acceptors (Lipinski definition) is 6. The number of amides is 2. The zero-order valence-corrected chi connectivity index (χ0v) is 11.1. The molecule has 1 aliphatic heterocycles. The Morgan fingerprint density at radius 2 is 2.19 bits per heavy atom. The van der Waals surface area contributed by atoms with E-state index < -0.39 is 17.9 Å². The summed E-state index contributed by atoms with van der Waals surface area (Å²) in [6, 6.07) is 2.12. The highest BCUT2D eigenvalue weighted by Crippen LogP contribution is 2.11. The van der Waals surface area contributed by atoms with Gasteiger partial charge in [-0.05, 0) is 12.1 Å². The normalized spacial score (nSPS) is 19.3. The average Bonchev–Trinajstić information content (AvgIpc) is 2.53. The Balaban J connectivity index is 2.20. The van der Waals surface area contributed by atoms with Gasteiger partial charge in [-0.25, -0.2) is 0 Å². The number of carbonyl (C=O) groups excluding carboxylic acids is 2. The number of primary amides is 1. The van der Waals surface area contributed by atoms with Crippen molar-refractivity contribution in [3.8, 4) is 0 Å². The molecule has 1 aromatic heterocycles. The van der Waals surface area contributed by atoms with E-state index in [0.29, 0.717) is 12.2 Å². The molecule has 9 nitrogen and oxygen atoms in total. The third-order valence-electron chi connectivity index (χ3n) is 3.10. The fourth-order valence-corrected chi connectivity index (χ4v) is 1.96. The number of amidine groups is 1. The van der Waals surface area contributed by atoms with Gasteiger partial charge >= 0.3 is 0 Å². The van der Waals surface area contributed by atoms with E-state index in [4.69, 9.17) is 21.4 Å². The first-order valence-corrected chi connectivity index (χ1v) is 6.16. The predicted molar refractivity (Wildman–Crippen MR) is 71.6 cm³/mol. The van der Waals surface area contributed by atoms with Gasteiger partial charge in [-0.3, -0.25) is 14.6 Å². The maximum Gasteiger partial charge on any atom is 0.273 e. The van der Waals surface area contributed by atoms with Crippen molar-refractivity contribution in [1.82, 2.24) is 9.88 Å². The highest BCUT2D eigenvalue weighted by molar-refractivity contribution is 5.99. The van der Waals surface area contributed by atoms with Crippen molar-refractivity contribution >= 4 is 17.6 Å². The molecule has 21 heavy (non-hydrogen) atoms. The van der Waals surface area contributed by atoms with Gasteiger partial charge in [-0.1, -0.05) is 5.16 Å². The zero-order valence-electron chi connectivity index (χ0n) is 11.1. The zero-order chi connectivity index (χ0) is 15.4. The van der Waals surface area contributed by atoms with Gasteiger partial charge in [0.15, 0.2) is 5.84 Å². The molecule has 1 fully saturated rings. The van der Waals surface area contributed by atoms with Crippen molar-refractivity contribution in [2.75, 3.05) is 19.8 Å². The Morgan fingerprint density at radius 1 is 1.43 bits per heavy atom. The van der Waals surface area contributed by atoms with Gasteiger partial charge in [0.25, 0.3) is 5.91 Å². The van der Waals surface area contributed by atoms with Crippen LogP contribution in [0.3, 0.4) is 0 Å². The quantitative estimate of drug-likeness (QED) is 0.268. The van der Waals surface area contributed by atoms with Gasteiger partial charge < -0.3 is 26.3 Å². The first-order chi connectivity index (χ1) is 10.0. The van der Waals surface area contributed by atoms with E-state index in [0.717, 1.165) is 0 Å². The molecule has 0 bridgehead atoms. The molecule has 1 unspecified atom stereocenters. The number of aromatic nitrogens is 1. The van der Waals surface area contributed by atoms with Gasteiger partial charge in [0.05, 0.1) is 13.2 Å². The van der Waals surface area contributed by atoms with Gasteiger partial charge in [0, 0.05) is 18.3 Å². The summed E-state index contributed by atoms with van der Waals surface area (Å²) in [5.41, 5.74) is 11.2. The molecule has 0 spiro atoms. The van der Waals surface area contributed by atoms with Gasteiger partial charge in [0.1, 0.15) is 11.7 Å². The van der Waals surface area contributed by atoms with Crippen LogP contribution in [0.15, 0.2) is 23.5 Å². The Hall–Kier alpha value is -2.68. The lowest BCUT2D eigenvalue weighted by Gasteiger charge is -2.33. The summed E-state index contributed by atoms with van der Waals surface area (Å²) in [7, 11) is 0. The first-order valence-electron chi connectivity index (χ1n) is 6.16. The van der Waals surface area contributed by atoms with Crippen LogP contribution in [0.2, 0.25) is 0 Å². The summed E-state index contributed by atoms with van der Waals surface area (Å²) in [6.45, 7) is 0.664. The molecular formula is C12H15N5O4. The number of pyridine rings is 1. The molecule has 9 heteroatoms. The molecule has 2 heterocycles. The Kier molecular flexibility index (Phi) is 4.33. The molecule has 2 amide bonds. The smallest absolute Gasteiger partial charge is 0.273 e. The van der Waals surface area contributed by atoms with E-state index in [-0.39, 0.29) is 24.7 Å². The Morgan fingerprint density at radius 3 is 2.76 bits per heavy atom. The highest BCUT2D eigenvalue weighted by atomic mass is 16.5. The largest absolute Gasteiger partial charge is 0.409 e. The second kappa shape index (κ2) is 6.18. The Bertz CT molecular complexity index is 572. The van der Waals surface area contributed by atoms with Crippen LogP contribution in [0.25, 0.3) is 0 Å². The van der Waals surface area contributed by atoms with E-state index in [1.165, 1.54) is 23.2 Å². The van der Waals surface area contributed by atoms with Crippen molar-refractivity contribution < 1.29 is 19.5 Å². The average molecular weight is 293 g/mol. The molecule has 0 aliphatic carbocycles. The first kappa shape index (κ1) is 14.7. The summed E-state index contributed by atoms with van der Waals surface area (Å²) < 4.78 is 5.15. The van der Waals surface area contributed by atoms with Crippen LogP contribution in [0.5, 0.6) is 0 Å². The fraction of sp³-hybridized carbons (Fsp3) is 0.333. The number of nitrogens with zero attached hydrogens (tertiary/aromatic N) is 3. The molecule has 0 aromatic carbocycles. The van der Waals surface area contributed by atoms with E-state index >= 15 is 0 Å². The summed E-state index contributed by atoms with van der Waals surface area (Å²) in [5, 5.41) is 11.4. The van der Waals surface area contributed by atoms with Gasteiger partial charge in [-0.2, -0.15) is 0 Å². The van der Waals surface area contributed by atoms with E-state index in [2.05, 4.69) is 10.1 Å². The summed E-state index contributed by atoms with van der Waals surface area (Å²) in [6.07, 6.45) is 1.31. The van der Waals surface area contributed by atoms with Crippen molar-refractivity contribution in [2.45, 2.75) is 6.04 Å². The molecule has 1 saturated heterocycles. The minimum atomic E-state index is -0.809. The number of oxime groups is 1. The van der Waals surface area contributed by atoms with Crippen LogP contribution < -0.4 is 11.5 Å². The van der Waals surface area contributed by atoms with Crippen LogP contribution in [0.1, 0.15) is 16.1 Å². The van der Waals surface area contributed by atoms with Crippen LogP contribution in [0.4, 0.5) is 0 Å². The maximum absolute atomic E-state index is 12.4. The van der Waals surface area contributed by atoms with Gasteiger partial charge in [-0.15, -0.1) is 0 Å². The number of morpholine rings is 1. The molecule has 1 aromatic rings. The molecule has 5 N–H and O–H groups in total. The van der Waals surface area contributed by atoms with Crippen molar-refractivity contribution in [1.29, 1.82) is 0 Å². The number of carbonyl (C=O) groups is 2. The molecule has 0 saturated carbocycles. The molecule has 0 radical (unpaired) electrons. The number of ether oxygens (including phenoxy) is 1. The van der Waals surface area contributed by atoms with E-state index in [9.17, 15) is 9.59 Å². The van der Waals surface area contributed by atoms with Crippen LogP contribution in [-0.4, -0.2) is 58.5 Å². The summed E-state index contributed by atoms with van der Waals surface area (Å²) in [5.74, 6) is -1.16. The van der Waals surface area contributed by atoms with E-state index in [1.807, 2.05) is 0 Å². The topological polar surface area (TPSA) is 144 Å². The molecule has 112 valence electrons. The maximum atomic E-state index is 12.4. The van der Waals surface area contributed by atoms with Crippen LogP contribution in [0, 0.1) is 0 Å². The number of nitrogens with two attached hydrogens (primary N) is 2. The third kappa shape index (κ3) is 3.08. The lowest BCUT2D eigenvalue weighted by Crippen LogP contribution is -2.54. The van der Waals surface area contributed by atoms with Crippen molar-refractivity contribution in [2.24, 2.45) is 16.6 Å². The Labute approximate surface area is 120 Å². The fourth-order valence-electron chi connectivity index (χ4n) is 1.96. The summed E-state index contributed by atoms with van der Waals surface area (Å²) in [4.78, 5) is 29.0. The molecule has 1 atom stereocenters.